The van der Waals surface area contributed by atoms with Gasteiger partial charge in [0.2, 0.25) is 5.88 Å². The van der Waals surface area contributed by atoms with Crippen LogP contribution in [0.1, 0.15) is 11.1 Å². The number of hydrogen-bond acceptors (Lipinski definition) is 6. The normalized spacial score (nSPS) is 10.8. The van der Waals surface area contributed by atoms with Crippen molar-refractivity contribution < 1.29 is 18.7 Å². The van der Waals surface area contributed by atoms with Crippen LogP contribution in [0.3, 0.4) is 0 Å². The average Bonchev–Trinajstić information content (AvgIpc) is 3.33. The van der Waals surface area contributed by atoms with E-state index in [0.29, 0.717) is 46.6 Å². The first-order chi connectivity index (χ1) is 18.1. The van der Waals surface area contributed by atoms with Crippen LogP contribution in [-0.4, -0.2) is 12.3 Å². The highest BCUT2D eigenvalue weighted by Crippen LogP contribution is 2.44. The van der Waals surface area contributed by atoms with Crippen LogP contribution in [0.2, 0.25) is 5.02 Å². The van der Waals surface area contributed by atoms with E-state index < -0.39 is 0 Å². The molecule has 0 spiro atoms. The summed E-state index contributed by atoms with van der Waals surface area (Å²) in [6.07, 6.45) is 0. The van der Waals surface area contributed by atoms with Crippen LogP contribution in [0.25, 0.3) is 22.4 Å². The van der Waals surface area contributed by atoms with Crippen LogP contribution in [0.5, 0.6) is 17.2 Å². The first-order valence-electron chi connectivity index (χ1n) is 11.7. The minimum atomic E-state index is 0.190. The second kappa shape index (κ2) is 11.1. The molecule has 2 N–H and O–H groups in total. The smallest absolute Gasteiger partial charge is 0.230 e. The first kappa shape index (κ1) is 24.3. The number of nitrogens with two attached hydrogens (primary N) is 1. The summed E-state index contributed by atoms with van der Waals surface area (Å²) in [5.41, 5.74) is 10.9. The molecular weight excluding hydrogens is 488 g/mol. The second-order valence-corrected chi connectivity index (χ2v) is 8.73. The number of aromatic nitrogens is 1. The van der Waals surface area contributed by atoms with Gasteiger partial charge in [-0.15, -0.1) is 0 Å². The van der Waals surface area contributed by atoms with E-state index in [4.69, 9.17) is 36.1 Å². The quantitative estimate of drug-likeness (QED) is 0.221. The van der Waals surface area contributed by atoms with Crippen molar-refractivity contribution in [2.24, 2.45) is 0 Å². The Hall–Kier alpha value is -4.42. The molecule has 4 aromatic carbocycles. The van der Waals surface area contributed by atoms with Gasteiger partial charge in [0.05, 0.1) is 17.7 Å². The molecule has 37 heavy (non-hydrogen) atoms. The summed E-state index contributed by atoms with van der Waals surface area (Å²) in [5.74, 6) is 1.96. The van der Waals surface area contributed by atoms with E-state index in [1.54, 1.807) is 19.2 Å². The lowest BCUT2D eigenvalue weighted by atomic mass is 10.00. The minimum absolute atomic E-state index is 0.190. The molecule has 6 nitrogen and oxygen atoms in total. The minimum Gasteiger partial charge on any atom is -0.497 e. The summed E-state index contributed by atoms with van der Waals surface area (Å²) in [6.45, 7) is 0.713. The Balaban J connectivity index is 1.54. The van der Waals surface area contributed by atoms with Crippen molar-refractivity contribution in [1.29, 1.82) is 0 Å². The zero-order valence-corrected chi connectivity index (χ0v) is 20.9. The van der Waals surface area contributed by atoms with Gasteiger partial charge in [-0.05, 0) is 34.9 Å². The van der Waals surface area contributed by atoms with Gasteiger partial charge in [-0.1, -0.05) is 89.6 Å². The molecule has 0 radical (unpaired) electrons. The van der Waals surface area contributed by atoms with E-state index in [1.165, 1.54) is 0 Å². The lowest BCUT2D eigenvalue weighted by Gasteiger charge is -2.15. The van der Waals surface area contributed by atoms with Crippen LogP contribution < -0.4 is 19.9 Å². The van der Waals surface area contributed by atoms with Crippen molar-refractivity contribution in [1.82, 2.24) is 5.16 Å². The van der Waals surface area contributed by atoms with Crippen molar-refractivity contribution >= 4 is 17.5 Å². The van der Waals surface area contributed by atoms with Gasteiger partial charge in [-0.25, -0.2) is 0 Å². The SMILES string of the molecule is COc1ccc(-c2c(-c3cc(Cl)c(OCc4ccccc4)cc3OCc3ccccc3)noc2N)cc1. The summed E-state index contributed by atoms with van der Waals surface area (Å²) in [5, 5.41) is 4.69. The molecule has 0 fully saturated rings. The van der Waals surface area contributed by atoms with Gasteiger partial charge in [0.15, 0.2) is 0 Å². The standard InChI is InChI=1S/C30H25ClN2O4/c1-34-23-14-12-22(13-15-23)28-29(33-37-30(28)32)24-16-25(31)27(36-19-21-10-6-3-7-11-21)17-26(24)35-18-20-8-4-2-5-9-20/h2-17H,18-19,32H2,1H3. The molecule has 0 aliphatic rings. The van der Waals surface area contributed by atoms with Crippen molar-refractivity contribution in [2.75, 3.05) is 12.8 Å². The van der Waals surface area contributed by atoms with E-state index in [1.807, 2.05) is 84.9 Å². The molecule has 5 aromatic rings. The second-order valence-electron chi connectivity index (χ2n) is 8.33. The Morgan fingerprint density at radius 2 is 1.38 bits per heavy atom. The van der Waals surface area contributed by atoms with Crippen molar-refractivity contribution in [3.05, 3.63) is 113 Å². The van der Waals surface area contributed by atoms with E-state index in [9.17, 15) is 0 Å². The number of hydrogen-bond donors (Lipinski definition) is 1. The highest BCUT2D eigenvalue weighted by molar-refractivity contribution is 6.32. The van der Waals surface area contributed by atoms with Crippen molar-refractivity contribution in [3.8, 4) is 39.6 Å². The molecule has 0 amide bonds. The van der Waals surface area contributed by atoms with E-state index >= 15 is 0 Å². The molecule has 0 atom stereocenters. The van der Waals surface area contributed by atoms with E-state index in [0.717, 1.165) is 22.4 Å². The maximum Gasteiger partial charge on any atom is 0.230 e. The van der Waals surface area contributed by atoms with Crippen LogP contribution in [0.4, 0.5) is 5.88 Å². The topological polar surface area (TPSA) is 79.7 Å². The highest BCUT2D eigenvalue weighted by Gasteiger charge is 2.23. The highest BCUT2D eigenvalue weighted by atomic mass is 35.5. The number of ether oxygens (including phenoxy) is 3. The van der Waals surface area contributed by atoms with Gasteiger partial charge >= 0.3 is 0 Å². The number of anilines is 1. The number of halogens is 1. The average molecular weight is 513 g/mol. The molecule has 0 aliphatic carbocycles. The predicted molar refractivity (Wildman–Crippen MR) is 145 cm³/mol. The first-order valence-corrected chi connectivity index (χ1v) is 12.1. The van der Waals surface area contributed by atoms with Gasteiger partial charge in [0.1, 0.15) is 36.2 Å². The van der Waals surface area contributed by atoms with Gasteiger partial charge in [0, 0.05) is 11.6 Å². The van der Waals surface area contributed by atoms with Gasteiger partial charge in [-0.3, -0.25) is 0 Å². The maximum absolute atomic E-state index is 6.69. The number of rotatable bonds is 9. The molecule has 7 heteroatoms. The van der Waals surface area contributed by atoms with Gasteiger partial charge in [0.25, 0.3) is 0 Å². The molecule has 0 aliphatic heterocycles. The Morgan fingerprint density at radius 3 is 1.97 bits per heavy atom. The van der Waals surface area contributed by atoms with Crippen molar-refractivity contribution in [2.45, 2.75) is 13.2 Å². The maximum atomic E-state index is 6.69. The molecule has 5 rings (SSSR count). The van der Waals surface area contributed by atoms with Crippen LogP contribution in [0.15, 0.2) is 102 Å². The van der Waals surface area contributed by atoms with Crippen molar-refractivity contribution in [3.63, 3.8) is 0 Å². The molecule has 0 unspecified atom stereocenters. The number of nitrogens with zero attached hydrogens (tertiary/aromatic N) is 1. The third-order valence-corrected chi connectivity index (χ3v) is 6.16. The lowest BCUT2D eigenvalue weighted by molar-refractivity contribution is 0.291. The summed E-state index contributed by atoms with van der Waals surface area (Å²) in [7, 11) is 1.62. The molecule has 186 valence electrons. The zero-order valence-electron chi connectivity index (χ0n) is 20.2. The Kier molecular flexibility index (Phi) is 7.28. The fraction of sp³-hybridized carbons (Fsp3) is 0.100. The third-order valence-electron chi connectivity index (χ3n) is 5.86. The predicted octanol–water partition coefficient (Wildman–Crippen LogP) is 7.41. The Morgan fingerprint density at radius 1 is 0.784 bits per heavy atom. The van der Waals surface area contributed by atoms with E-state index in [-0.39, 0.29) is 5.88 Å². The molecule has 0 saturated heterocycles. The summed E-state index contributed by atoms with van der Waals surface area (Å²) >= 11 is 6.69. The molecular formula is C30H25ClN2O4. The summed E-state index contributed by atoms with van der Waals surface area (Å²) in [4.78, 5) is 0. The molecule has 1 aromatic heterocycles. The van der Waals surface area contributed by atoms with Crippen LogP contribution in [0, 0.1) is 0 Å². The number of benzene rings is 4. The monoisotopic (exact) mass is 512 g/mol. The van der Waals surface area contributed by atoms with Gasteiger partial charge in [-0.2, -0.15) is 0 Å². The number of methoxy groups -OCH3 is 1. The van der Waals surface area contributed by atoms with Crippen LogP contribution in [-0.2, 0) is 13.2 Å². The fourth-order valence-corrected chi connectivity index (χ4v) is 4.16. The third kappa shape index (κ3) is 5.55. The zero-order chi connectivity index (χ0) is 25.6. The van der Waals surface area contributed by atoms with Gasteiger partial charge < -0.3 is 24.5 Å². The van der Waals surface area contributed by atoms with E-state index in [2.05, 4.69) is 5.16 Å². The lowest BCUT2D eigenvalue weighted by Crippen LogP contribution is -2.01. The Labute approximate surface area is 220 Å². The number of nitrogen functional groups attached to an aromatic ring is 1. The molecule has 1 heterocycles. The Bertz CT molecular complexity index is 1470. The largest absolute Gasteiger partial charge is 0.497 e. The molecule has 0 saturated carbocycles. The summed E-state index contributed by atoms with van der Waals surface area (Å²) < 4.78 is 23.0. The summed E-state index contributed by atoms with van der Waals surface area (Å²) in [6, 6.07) is 30.8. The molecule has 0 bridgehead atoms. The fourth-order valence-electron chi connectivity index (χ4n) is 3.94. The van der Waals surface area contributed by atoms with Crippen LogP contribution >= 0.6 is 11.6 Å².